The molecule has 0 saturated carbocycles. The van der Waals surface area contributed by atoms with Crippen LogP contribution in [0.3, 0.4) is 0 Å². The zero-order valence-electron chi connectivity index (χ0n) is 20.5. The Balaban J connectivity index is 1.84. The Labute approximate surface area is 183 Å². The molecule has 0 aromatic heterocycles. The minimum absolute atomic E-state index is 0.0956. The first-order valence-corrected chi connectivity index (χ1v) is 14.1. The van der Waals surface area contributed by atoms with E-state index < -0.39 is 19.9 Å². The molecule has 0 unspecified atom stereocenters. The molecule has 0 aromatic carbocycles. The Morgan fingerprint density at radius 3 is 2.07 bits per heavy atom. The van der Waals surface area contributed by atoms with Crippen LogP contribution < -0.4 is 0 Å². The van der Waals surface area contributed by atoms with Gasteiger partial charge >= 0.3 is 0 Å². The van der Waals surface area contributed by atoms with Crippen molar-refractivity contribution in [2.45, 2.75) is 128 Å². The van der Waals surface area contributed by atoms with Crippen molar-refractivity contribution in [2.24, 2.45) is 5.92 Å². The van der Waals surface area contributed by atoms with Gasteiger partial charge in [-0.1, -0.05) is 33.8 Å². The summed E-state index contributed by atoms with van der Waals surface area (Å²) >= 11 is 0. The molecule has 0 spiro atoms. The van der Waals surface area contributed by atoms with Gasteiger partial charge in [0.05, 0.1) is 12.2 Å². The molecule has 3 fully saturated rings. The van der Waals surface area contributed by atoms with Gasteiger partial charge in [-0.05, 0) is 52.2 Å². The van der Waals surface area contributed by atoms with Crippen LogP contribution in [0.5, 0.6) is 0 Å². The zero-order valence-corrected chi connectivity index (χ0v) is 21.5. The van der Waals surface area contributed by atoms with Crippen molar-refractivity contribution >= 4 is 8.32 Å². The van der Waals surface area contributed by atoms with E-state index in [1.54, 1.807) is 0 Å². The van der Waals surface area contributed by atoms with Gasteiger partial charge in [-0.2, -0.15) is 0 Å². The van der Waals surface area contributed by atoms with Gasteiger partial charge in [0.1, 0.15) is 18.3 Å². The summed E-state index contributed by atoms with van der Waals surface area (Å²) in [5, 5.41) is 0.0956. The van der Waals surface area contributed by atoms with Crippen molar-refractivity contribution in [3.8, 4) is 0 Å². The second-order valence-electron chi connectivity index (χ2n) is 11.4. The van der Waals surface area contributed by atoms with Crippen LogP contribution in [0.25, 0.3) is 0 Å². The summed E-state index contributed by atoms with van der Waals surface area (Å²) in [6, 6.07) is 0. The van der Waals surface area contributed by atoms with Crippen LogP contribution in [0, 0.1) is 5.92 Å². The molecule has 3 aliphatic rings. The molecule has 7 heteroatoms. The van der Waals surface area contributed by atoms with Crippen LogP contribution in [0.2, 0.25) is 18.1 Å². The smallest absolute Gasteiger partial charge is 0.192 e. The standard InChI is InChI=1S/C23H42O6Si/c1-12-13-15(29-30(10,11)21(3,4)5)18-19(27-22(6,7)26-18)16-14(2)17-20(24-16)28-23(8,9)25-17/h12,14-20H,1,13H2,2-11H3/t14-,15-,16+,17-,18+,19+,20-/m1/s1. The Kier molecular flexibility index (Phi) is 6.45. The third-order valence-corrected chi connectivity index (χ3v) is 11.4. The molecule has 3 saturated heterocycles. The topological polar surface area (TPSA) is 55.4 Å². The third-order valence-electron chi connectivity index (χ3n) is 6.92. The van der Waals surface area contributed by atoms with Crippen LogP contribution in [0.1, 0.15) is 61.8 Å². The molecule has 30 heavy (non-hydrogen) atoms. The fraction of sp³-hybridized carbons (Fsp3) is 0.913. The molecule has 7 atom stereocenters. The number of rotatable bonds is 6. The van der Waals surface area contributed by atoms with E-state index in [2.05, 4.69) is 47.4 Å². The molecule has 0 aliphatic carbocycles. The first kappa shape index (κ1) is 24.4. The molecule has 174 valence electrons. The van der Waals surface area contributed by atoms with Gasteiger partial charge in [0.25, 0.3) is 0 Å². The molecule has 0 N–H and O–H groups in total. The van der Waals surface area contributed by atoms with Crippen molar-refractivity contribution in [1.29, 1.82) is 0 Å². The average Bonchev–Trinajstić information content (AvgIpc) is 3.14. The van der Waals surface area contributed by atoms with E-state index in [9.17, 15) is 0 Å². The van der Waals surface area contributed by atoms with Crippen molar-refractivity contribution in [3.05, 3.63) is 12.7 Å². The zero-order chi connectivity index (χ0) is 22.7. The van der Waals surface area contributed by atoms with Gasteiger partial charge in [-0.25, -0.2) is 0 Å². The minimum Gasteiger partial charge on any atom is -0.411 e. The van der Waals surface area contributed by atoms with E-state index in [1.807, 2.05) is 33.8 Å². The summed E-state index contributed by atoms with van der Waals surface area (Å²) in [5.41, 5.74) is 0. The third kappa shape index (κ3) is 4.72. The maximum atomic E-state index is 6.82. The summed E-state index contributed by atoms with van der Waals surface area (Å²) in [5.74, 6) is -1.23. The van der Waals surface area contributed by atoms with Gasteiger partial charge in [0.15, 0.2) is 26.2 Å². The highest BCUT2D eigenvalue weighted by molar-refractivity contribution is 6.74. The lowest BCUT2D eigenvalue weighted by molar-refractivity contribution is -0.226. The monoisotopic (exact) mass is 442 g/mol. The van der Waals surface area contributed by atoms with Gasteiger partial charge in [-0.15, -0.1) is 6.58 Å². The molecule has 0 bridgehead atoms. The molecule has 3 heterocycles. The van der Waals surface area contributed by atoms with Gasteiger partial charge < -0.3 is 28.1 Å². The molecule has 0 amide bonds. The predicted molar refractivity (Wildman–Crippen MR) is 119 cm³/mol. The normalized spacial score (nSPS) is 39.1. The number of hydrogen-bond acceptors (Lipinski definition) is 6. The quantitative estimate of drug-likeness (QED) is 0.427. The van der Waals surface area contributed by atoms with Crippen LogP contribution in [0.15, 0.2) is 12.7 Å². The summed E-state index contributed by atoms with van der Waals surface area (Å²) < 4.78 is 38.1. The lowest BCUT2D eigenvalue weighted by Gasteiger charge is -2.41. The van der Waals surface area contributed by atoms with E-state index in [0.717, 1.165) is 0 Å². The van der Waals surface area contributed by atoms with Crippen molar-refractivity contribution in [1.82, 2.24) is 0 Å². The van der Waals surface area contributed by atoms with Crippen molar-refractivity contribution in [2.75, 3.05) is 0 Å². The van der Waals surface area contributed by atoms with E-state index >= 15 is 0 Å². The highest BCUT2D eigenvalue weighted by atomic mass is 28.4. The van der Waals surface area contributed by atoms with Crippen LogP contribution >= 0.6 is 0 Å². The lowest BCUT2D eigenvalue weighted by atomic mass is 9.91. The number of fused-ring (bicyclic) bond motifs is 1. The lowest BCUT2D eigenvalue weighted by Crippen LogP contribution is -2.52. The summed E-state index contributed by atoms with van der Waals surface area (Å²) in [7, 11) is -2.02. The molecular weight excluding hydrogens is 400 g/mol. The second-order valence-corrected chi connectivity index (χ2v) is 16.2. The molecule has 0 radical (unpaired) electrons. The van der Waals surface area contributed by atoms with Crippen LogP contribution in [-0.4, -0.2) is 56.7 Å². The Morgan fingerprint density at radius 1 is 0.967 bits per heavy atom. The number of ether oxygens (including phenoxy) is 5. The molecule has 3 rings (SSSR count). The largest absolute Gasteiger partial charge is 0.411 e. The van der Waals surface area contributed by atoms with E-state index in [1.165, 1.54) is 0 Å². The predicted octanol–water partition coefficient (Wildman–Crippen LogP) is 4.99. The molecular formula is C23H42O6Si. The van der Waals surface area contributed by atoms with Gasteiger partial charge in [0.2, 0.25) is 0 Å². The molecule has 3 aliphatic heterocycles. The van der Waals surface area contributed by atoms with E-state index in [-0.39, 0.29) is 47.8 Å². The molecule has 0 aromatic rings. The van der Waals surface area contributed by atoms with Gasteiger partial charge in [-0.3, -0.25) is 0 Å². The van der Waals surface area contributed by atoms with E-state index in [4.69, 9.17) is 28.1 Å². The van der Waals surface area contributed by atoms with Gasteiger partial charge in [0, 0.05) is 5.92 Å². The Bertz CT molecular complexity index is 640. The minimum atomic E-state index is -2.02. The van der Waals surface area contributed by atoms with Crippen molar-refractivity contribution in [3.63, 3.8) is 0 Å². The van der Waals surface area contributed by atoms with Crippen LogP contribution in [-0.2, 0) is 28.1 Å². The summed E-state index contributed by atoms with van der Waals surface area (Å²) in [6.07, 6.45) is 1.23. The Hall–Kier alpha value is -0.283. The maximum Gasteiger partial charge on any atom is 0.192 e. The maximum absolute atomic E-state index is 6.82. The summed E-state index contributed by atoms with van der Waals surface area (Å²) in [6.45, 7) is 25.1. The fourth-order valence-corrected chi connectivity index (χ4v) is 5.73. The second kappa shape index (κ2) is 7.94. The first-order chi connectivity index (χ1) is 13.6. The first-order valence-electron chi connectivity index (χ1n) is 11.2. The number of hydrogen-bond donors (Lipinski definition) is 0. The fourth-order valence-electron chi connectivity index (χ4n) is 4.39. The average molecular weight is 443 g/mol. The van der Waals surface area contributed by atoms with E-state index in [0.29, 0.717) is 6.42 Å². The SMILES string of the molecule is C=CC[C@@H](O[Si](C)(C)C(C)(C)C)[C@@H]1OC(C)(C)O[C@H]1[C@H]1O[C@@H]2OC(C)(C)O[C@@H]2[C@@H]1C. The van der Waals surface area contributed by atoms with Crippen LogP contribution in [0.4, 0.5) is 0 Å². The van der Waals surface area contributed by atoms with Crippen molar-refractivity contribution < 1.29 is 28.1 Å². The summed E-state index contributed by atoms with van der Waals surface area (Å²) in [4.78, 5) is 0. The highest BCUT2D eigenvalue weighted by Gasteiger charge is 2.60. The molecule has 6 nitrogen and oxygen atoms in total. The highest BCUT2D eigenvalue weighted by Crippen LogP contribution is 2.47. The Morgan fingerprint density at radius 2 is 1.53 bits per heavy atom.